The number of morpholine rings is 1. The number of ether oxygens (including phenoxy) is 1. The van der Waals surface area contributed by atoms with Crippen LogP contribution in [0, 0.1) is 0 Å². The van der Waals surface area contributed by atoms with Crippen molar-refractivity contribution in [1.82, 2.24) is 24.0 Å². The first-order chi connectivity index (χ1) is 15.9. The lowest BCUT2D eigenvalue weighted by Crippen LogP contribution is -2.39. The molecule has 0 atom stereocenters. The number of aryl methyl sites for hydroxylation is 2. The van der Waals surface area contributed by atoms with Gasteiger partial charge in [0.1, 0.15) is 0 Å². The summed E-state index contributed by atoms with van der Waals surface area (Å²) in [6, 6.07) is 7.50. The normalized spacial score (nSPS) is 15.3. The van der Waals surface area contributed by atoms with E-state index in [-0.39, 0.29) is 18.1 Å². The molecule has 0 unspecified atom stereocenters. The highest BCUT2D eigenvalue weighted by molar-refractivity contribution is 7.91. The number of hydrogen-bond acceptors (Lipinski definition) is 7. The lowest BCUT2D eigenvalue weighted by atomic mass is 10.1. The van der Waals surface area contributed by atoms with Crippen molar-refractivity contribution in [3.63, 3.8) is 0 Å². The topological polar surface area (TPSA) is 119 Å². The van der Waals surface area contributed by atoms with E-state index < -0.39 is 21.1 Å². The number of imidazole rings is 1. The Balaban J connectivity index is 1.39. The van der Waals surface area contributed by atoms with Crippen LogP contribution in [0.2, 0.25) is 0 Å². The zero-order valence-electron chi connectivity index (χ0n) is 18.7. The molecule has 0 amide bonds. The Morgan fingerprint density at radius 3 is 2.45 bits per heavy atom. The maximum absolute atomic E-state index is 12.4. The second-order valence-corrected chi connectivity index (χ2v) is 10.5. The van der Waals surface area contributed by atoms with Crippen molar-refractivity contribution in [2.24, 2.45) is 0 Å². The number of aromatic amines is 1. The van der Waals surface area contributed by atoms with Crippen molar-refractivity contribution in [3.8, 4) is 0 Å². The van der Waals surface area contributed by atoms with Gasteiger partial charge in [-0.2, -0.15) is 0 Å². The summed E-state index contributed by atoms with van der Waals surface area (Å²) in [4.78, 5) is 33.3. The highest BCUT2D eigenvalue weighted by Gasteiger charge is 2.17. The molecule has 0 bridgehead atoms. The molecule has 33 heavy (non-hydrogen) atoms. The summed E-state index contributed by atoms with van der Waals surface area (Å²) in [6.45, 7) is 6.14. The van der Waals surface area contributed by atoms with Crippen LogP contribution in [0.15, 0.2) is 40.2 Å². The summed E-state index contributed by atoms with van der Waals surface area (Å²) in [5.41, 5.74) is 1.54. The molecule has 1 N–H and O–H groups in total. The Bertz CT molecular complexity index is 1320. The number of nitrogens with one attached hydrogen (secondary N) is 1. The summed E-state index contributed by atoms with van der Waals surface area (Å²) in [5, 5.41) is 0. The van der Waals surface area contributed by atoms with E-state index in [0.717, 1.165) is 24.2 Å². The molecule has 3 aromatic rings. The minimum absolute atomic E-state index is 0.102. The first kappa shape index (κ1) is 23.4. The summed E-state index contributed by atoms with van der Waals surface area (Å²) in [5.74, 6) is 0.256. The summed E-state index contributed by atoms with van der Waals surface area (Å²) < 4.78 is 33.3. The fourth-order valence-electron chi connectivity index (χ4n) is 3.97. The van der Waals surface area contributed by atoms with Crippen molar-refractivity contribution in [3.05, 3.63) is 62.6 Å². The molecule has 0 aliphatic carbocycles. The van der Waals surface area contributed by atoms with Crippen LogP contribution in [-0.4, -0.2) is 76.8 Å². The van der Waals surface area contributed by atoms with Crippen LogP contribution in [0.25, 0.3) is 11.2 Å². The Hall–Kier alpha value is -2.76. The van der Waals surface area contributed by atoms with E-state index >= 15 is 0 Å². The average molecular weight is 476 g/mol. The first-order valence-electron chi connectivity index (χ1n) is 11.1. The van der Waals surface area contributed by atoms with Crippen LogP contribution in [0.5, 0.6) is 0 Å². The lowest BCUT2D eigenvalue weighted by Gasteiger charge is -2.26. The lowest BCUT2D eigenvalue weighted by molar-refractivity contribution is 0.0408. The van der Waals surface area contributed by atoms with Gasteiger partial charge >= 0.3 is 5.69 Å². The van der Waals surface area contributed by atoms with Gasteiger partial charge in [0, 0.05) is 26.2 Å². The predicted molar refractivity (Wildman–Crippen MR) is 125 cm³/mol. The zero-order chi connectivity index (χ0) is 23.4. The van der Waals surface area contributed by atoms with Crippen LogP contribution < -0.4 is 11.2 Å². The number of fused-ring (bicyclic) bond motifs is 1. The van der Waals surface area contributed by atoms with E-state index in [1.54, 1.807) is 10.9 Å². The Labute approximate surface area is 191 Å². The van der Waals surface area contributed by atoms with E-state index in [4.69, 9.17) is 4.74 Å². The largest absolute Gasteiger partial charge is 0.379 e. The molecule has 2 aromatic heterocycles. The van der Waals surface area contributed by atoms with E-state index in [9.17, 15) is 18.0 Å². The fraction of sp³-hybridized carbons (Fsp3) is 0.500. The third-order valence-electron chi connectivity index (χ3n) is 5.98. The number of nitrogens with zero attached hydrogens (tertiary/aromatic N) is 4. The number of hydrogen-bond donors (Lipinski definition) is 1. The Morgan fingerprint density at radius 2 is 1.76 bits per heavy atom. The molecule has 0 radical (unpaired) electrons. The molecule has 1 fully saturated rings. The minimum atomic E-state index is -3.14. The van der Waals surface area contributed by atoms with Crippen LogP contribution in [0.4, 0.5) is 0 Å². The zero-order valence-corrected chi connectivity index (χ0v) is 19.5. The standard InChI is InChI=1S/C22H29N5O5S/c1-2-26-16-23-20-19(26)21(28)24-22(29)27(20)15-18-5-3-17(4-6-18)7-13-33(30,31)14-10-25-8-11-32-12-9-25/h3-6,16H,2,7-15H2,1H3,(H,24,28,29). The Morgan fingerprint density at radius 1 is 1.06 bits per heavy atom. The number of H-pyrrole nitrogens is 1. The molecule has 1 saturated heterocycles. The van der Waals surface area contributed by atoms with Gasteiger partial charge < -0.3 is 9.30 Å². The second kappa shape index (κ2) is 10.0. The van der Waals surface area contributed by atoms with Gasteiger partial charge in [0.15, 0.2) is 21.0 Å². The van der Waals surface area contributed by atoms with E-state index in [0.29, 0.717) is 43.9 Å². The first-order valence-corrected chi connectivity index (χ1v) is 12.9. The number of benzene rings is 1. The van der Waals surface area contributed by atoms with Gasteiger partial charge in [-0.05, 0) is 24.5 Å². The van der Waals surface area contributed by atoms with E-state index in [1.165, 1.54) is 4.57 Å². The molecule has 1 aliphatic heterocycles. The SMILES string of the molecule is CCn1cnc2c1c(=O)[nH]c(=O)n2Cc1ccc(CCS(=O)(=O)CCN2CCOCC2)cc1. The molecule has 0 spiro atoms. The average Bonchev–Trinajstić information content (AvgIpc) is 3.25. The molecule has 10 nitrogen and oxygen atoms in total. The second-order valence-electron chi connectivity index (χ2n) is 8.22. The number of aromatic nitrogens is 4. The maximum atomic E-state index is 12.4. The molecule has 11 heteroatoms. The third-order valence-corrected chi connectivity index (χ3v) is 7.61. The monoisotopic (exact) mass is 475 g/mol. The van der Waals surface area contributed by atoms with Crippen LogP contribution >= 0.6 is 0 Å². The van der Waals surface area contributed by atoms with Crippen LogP contribution in [0.3, 0.4) is 0 Å². The third kappa shape index (κ3) is 5.60. The number of sulfone groups is 1. The van der Waals surface area contributed by atoms with Crippen molar-refractivity contribution >= 4 is 21.0 Å². The van der Waals surface area contributed by atoms with E-state index in [1.807, 2.05) is 31.2 Å². The molecule has 3 heterocycles. The Kier molecular flexibility index (Phi) is 7.11. The molecular weight excluding hydrogens is 446 g/mol. The van der Waals surface area contributed by atoms with Crippen molar-refractivity contribution in [1.29, 1.82) is 0 Å². The quantitative estimate of drug-likeness (QED) is 0.471. The van der Waals surface area contributed by atoms with Gasteiger partial charge in [-0.1, -0.05) is 24.3 Å². The summed E-state index contributed by atoms with van der Waals surface area (Å²) in [6.07, 6.45) is 1.99. The molecule has 1 aromatic carbocycles. The molecular formula is C22H29N5O5S. The van der Waals surface area contributed by atoms with Crippen molar-refractivity contribution < 1.29 is 13.2 Å². The molecule has 178 valence electrons. The van der Waals surface area contributed by atoms with Gasteiger partial charge in [-0.3, -0.25) is 19.2 Å². The molecule has 0 saturated carbocycles. The van der Waals surface area contributed by atoms with Gasteiger partial charge in [-0.25, -0.2) is 18.2 Å². The highest BCUT2D eigenvalue weighted by Crippen LogP contribution is 2.11. The van der Waals surface area contributed by atoms with Crippen molar-refractivity contribution in [2.75, 3.05) is 44.4 Å². The van der Waals surface area contributed by atoms with Crippen LogP contribution in [-0.2, 0) is 34.1 Å². The van der Waals surface area contributed by atoms with Crippen LogP contribution in [0.1, 0.15) is 18.1 Å². The smallest absolute Gasteiger partial charge is 0.330 e. The van der Waals surface area contributed by atoms with E-state index in [2.05, 4.69) is 14.9 Å². The van der Waals surface area contributed by atoms with Gasteiger partial charge in [-0.15, -0.1) is 0 Å². The van der Waals surface area contributed by atoms with Gasteiger partial charge in [0.25, 0.3) is 5.56 Å². The van der Waals surface area contributed by atoms with Crippen molar-refractivity contribution in [2.45, 2.75) is 26.4 Å². The maximum Gasteiger partial charge on any atom is 0.330 e. The van der Waals surface area contributed by atoms with Gasteiger partial charge in [0.05, 0.1) is 37.6 Å². The molecule has 1 aliphatic rings. The fourth-order valence-corrected chi connectivity index (χ4v) is 5.26. The summed E-state index contributed by atoms with van der Waals surface area (Å²) >= 11 is 0. The predicted octanol–water partition coefficient (Wildman–Crippen LogP) is 0.244. The number of rotatable bonds is 9. The summed E-state index contributed by atoms with van der Waals surface area (Å²) in [7, 11) is -3.14. The molecule has 4 rings (SSSR count). The highest BCUT2D eigenvalue weighted by atomic mass is 32.2. The van der Waals surface area contributed by atoms with Gasteiger partial charge in [0.2, 0.25) is 0 Å². The minimum Gasteiger partial charge on any atom is -0.379 e.